The van der Waals surface area contributed by atoms with Crippen LogP contribution in [0.5, 0.6) is 0 Å². The summed E-state index contributed by atoms with van der Waals surface area (Å²) in [5.74, 6) is -0.147. The molecule has 0 spiro atoms. The molecule has 0 aliphatic carbocycles. The normalized spacial score (nSPS) is 9.88. The van der Waals surface area contributed by atoms with Crippen LogP contribution in [0.3, 0.4) is 0 Å². The minimum absolute atomic E-state index is 0. The van der Waals surface area contributed by atoms with E-state index in [2.05, 4.69) is 5.32 Å². The summed E-state index contributed by atoms with van der Waals surface area (Å²) >= 11 is 0. The second-order valence-corrected chi connectivity index (χ2v) is 5.87. The monoisotopic (exact) mass is 410 g/mol. The van der Waals surface area contributed by atoms with Crippen LogP contribution in [0.1, 0.15) is 26.3 Å². The van der Waals surface area contributed by atoms with E-state index < -0.39 is 0 Å². The fourth-order valence-corrected chi connectivity index (χ4v) is 2.54. The third-order valence-corrected chi connectivity index (χ3v) is 3.83. The van der Waals surface area contributed by atoms with Gasteiger partial charge < -0.3 is 22.3 Å². The molecule has 1 aromatic heterocycles. The van der Waals surface area contributed by atoms with E-state index in [1.54, 1.807) is 36.4 Å². The summed E-state index contributed by atoms with van der Waals surface area (Å²) in [4.78, 5) is 24.5. The molecule has 0 bridgehead atoms. The topological polar surface area (TPSA) is 50.0 Å². The fourth-order valence-electron chi connectivity index (χ4n) is 2.54. The molecular weight excluding hydrogens is 392 g/mol. The fraction of sp³-hybridized carbons (Fsp3) is 0.0952. The van der Waals surface area contributed by atoms with E-state index >= 15 is 0 Å². The largest absolute Gasteiger partial charge is 1.00 e. The van der Waals surface area contributed by atoms with E-state index in [1.807, 2.05) is 54.2 Å². The van der Waals surface area contributed by atoms with Crippen molar-refractivity contribution in [3.8, 4) is 0 Å². The molecule has 26 heavy (non-hydrogen) atoms. The number of nitrogens with zero attached hydrogens (tertiary/aromatic N) is 1. The second kappa shape index (κ2) is 9.06. The molecule has 3 aromatic rings. The Balaban J connectivity index is 0.00000243. The van der Waals surface area contributed by atoms with E-state index in [0.29, 0.717) is 16.8 Å². The molecule has 3 rings (SSSR count). The molecule has 0 fully saturated rings. The Hall–Kier alpha value is -2.79. The molecule has 0 radical (unpaired) electrons. The molecule has 132 valence electrons. The van der Waals surface area contributed by atoms with Crippen molar-refractivity contribution >= 4 is 17.4 Å². The number of carbonyl (C=O) groups excluding carboxylic acids is 2. The summed E-state index contributed by atoms with van der Waals surface area (Å²) in [6.45, 7) is 2.28. The minimum Gasteiger partial charge on any atom is -1.00 e. The number of benzene rings is 2. The summed E-state index contributed by atoms with van der Waals surface area (Å²) in [5.41, 5.74) is 2.98. The van der Waals surface area contributed by atoms with Crippen LogP contribution in [-0.4, -0.2) is 11.7 Å². The number of nitrogens with one attached hydrogen (secondary N) is 1. The summed E-state index contributed by atoms with van der Waals surface area (Å²) in [5, 5.41) is 2.83. The Morgan fingerprint density at radius 3 is 2.23 bits per heavy atom. The maximum Gasteiger partial charge on any atom is 0.255 e. The van der Waals surface area contributed by atoms with Crippen molar-refractivity contribution in [1.29, 1.82) is 0 Å². The number of carbonyl (C=O) groups is 2. The molecule has 1 N–H and O–H groups in total. The summed E-state index contributed by atoms with van der Waals surface area (Å²) in [6, 6.07) is 19.9. The molecular formula is C21H19BrN2O2. The van der Waals surface area contributed by atoms with Crippen LogP contribution in [0.25, 0.3) is 0 Å². The van der Waals surface area contributed by atoms with Gasteiger partial charge in [-0.05, 0) is 49.4 Å². The Labute approximate surface area is 163 Å². The first-order valence-electron chi connectivity index (χ1n) is 8.07. The van der Waals surface area contributed by atoms with Crippen LogP contribution in [-0.2, 0) is 6.54 Å². The molecule has 0 aliphatic rings. The highest BCUT2D eigenvalue weighted by Gasteiger charge is 2.12. The highest BCUT2D eigenvalue weighted by atomic mass is 79.9. The first-order valence-corrected chi connectivity index (χ1v) is 8.07. The summed E-state index contributed by atoms with van der Waals surface area (Å²) in [6.07, 6.45) is 3.81. The highest BCUT2D eigenvalue weighted by molar-refractivity contribution is 6.04. The van der Waals surface area contributed by atoms with E-state index in [1.165, 1.54) is 0 Å². The number of hydrogen-bond acceptors (Lipinski definition) is 2. The highest BCUT2D eigenvalue weighted by Crippen LogP contribution is 2.12. The summed E-state index contributed by atoms with van der Waals surface area (Å²) < 4.78 is 1.86. The van der Waals surface area contributed by atoms with Gasteiger partial charge in [0, 0.05) is 28.4 Å². The lowest BCUT2D eigenvalue weighted by Gasteiger charge is -2.06. The van der Waals surface area contributed by atoms with Crippen molar-refractivity contribution in [2.45, 2.75) is 13.5 Å². The predicted molar refractivity (Wildman–Crippen MR) is 96.5 cm³/mol. The number of hydrogen-bond donors (Lipinski definition) is 1. The predicted octanol–water partition coefficient (Wildman–Crippen LogP) is 0.422. The average Bonchev–Trinajstić information content (AvgIpc) is 2.63. The molecule has 0 atom stereocenters. The number of pyridine rings is 1. The molecule has 0 saturated carbocycles. The van der Waals surface area contributed by atoms with Crippen molar-refractivity contribution in [3.63, 3.8) is 0 Å². The number of anilines is 1. The molecule has 5 heteroatoms. The maximum absolute atomic E-state index is 12.4. The van der Waals surface area contributed by atoms with Crippen molar-refractivity contribution in [1.82, 2.24) is 0 Å². The van der Waals surface area contributed by atoms with E-state index in [9.17, 15) is 9.59 Å². The Morgan fingerprint density at radius 1 is 0.885 bits per heavy atom. The van der Waals surface area contributed by atoms with Gasteiger partial charge in [0.2, 0.25) is 12.3 Å². The van der Waals surface area contributed by atoms with Gasteiger partial charge in [-0.1, -0.05) is 18.2 Å². The zero-order valence-corrected chi connectivity index (χ0v) is 15.9. The molecule has 1 amide bonds. The van der Waals surface area contributed by atoms with Gasteiger partial charge in [0.1, 0.15) is 0 Å². The number of aryl methyl sites for hydroxylation is 1. The number of aromatic nitrogens is 1. The number of halogens is 1. The lowest BCUT2D eigenvalue weighted by atomic mass is 10.1. The standard InChI is InChI=1S/C21H18N2O2.BrH/c1-16-6-5-13-23(14-16)15-20(24)17-9-11-19(12-10-17)22-21(25)18-7-3-2-4-8-18;/h2-14H,15H2,1H3;1H. The van der Waals surface area contributed by atoms with Gasteiger partial charge in [0.15, 0.2) is 12.4 Å². The van der Waals surface area contributed by atoms with Crippen LogP contribution < -0.4 is 26.9 Å². The third kappa shape index (κ3) is 5.10. The average molecular weight is 411 g/mol. The second-order valence-electron chi connectivity index (χ2n) is 5.87. The van der Waals surface area contributed by atoms with Crippen LogP contribution in [0.15, 0.2) is 79.1 Å². The molecule has 2 aromatic carbocycles. The van der Waals surface area contributed by atoms with E-state index in [4.69, 9.17) is 0 Å². The molecule has 0 unspecified atom stereocenters. The van der Waals surface area contributed by atoms with E-state index in [-0.39, 0.29) is 35.2 Å². The van der Waals surface area contributed by atoms with Crippen molar-refractivity contribution in [2.24, 2.45) is 0 Å². The smallest absolute Gasteiger partial charge is 0.255 e. The lowest BCUT2D eigenvalue weighted by molar-refractivity contribution is -0.683. The summed E-state index contributed by atoms with van der Waals surface area (Å²) in [7, 11) is 0. The molecule has 4 nitrogen and oxygen atoms in total. The first-order chi connectivity index (χ1) is 12.1. The van der Waals surface area contributed by atoms with Gasteiger partial charge in [0.25, 0.3) is 5.91 Å². The Kier molecular flexibility index (Phi) is 6.81. The van der Waals surface area contributed by atoms with Gasteiger partial charge >= 0.3 is 0 Å². The minimum atomic E-state index is -0.171. The van der Waals surface area contributed by atoms with Crippen molar-refractivity contribution in [2.75, 3.05) is 5.32 Å². The zero-order valence-electron chi connectivity index (χ0n) is 14.4. The van der Waals surface area contributed by atoms with Crippen LogP contribution >= 0.6 is 0 Å². The van der Waals surface area contributed by atoms with Crippen molar-refractivity contribution < 1.29 is 31.1 Å². The number of rotatable bonds is 5. The van der Waals surface area contributed by atoms with Crippen LogP contribution in [0.2, 0.25) is 0 Å². The van der Waals surface area contributed by atoms with E-state index in [0.717, 1.165) is 5.56 Å². The first kappa shape index (κ1) is 19.5. The SMILES string of the molecule is Cc1ccc[n+](CC(=O)c2ccc(NC(=O)c3ccccc3)cc2)c1.[Br-]. The van der Waals surface area contributed by atoms with Crippen LogP contribution in [0, 0.1) is 6.92 Å². The third-order valence-electron chi connectivity index (χ3n) is 3.83. The number of amides is 1. The molecule has 0 aliphatic heterocycles. The molecule has 1 heterocycles. The number of ketones is 1. The lowest BCUT2D eigenvalue weighted by Crippen LogP contribution is -3.00. The van der Waals surface area contributed by atoms with Gasteiger partial charge in [-0.15, -0.1) is 0 Å². The Morgan fingerprint density at radius 2 is 1.58 bits per heavy atom. The quantitative estimate of drug-likeness (QED) is 0.489. The van der Waals surface area contributed by atoms with Gasteiger partial charge in [-0.25, -0.2) is 0 Å². The molecule has 0 saturated heterocycles. The van der Waals surface area contributed by atoms with Crippen molar-refractivity contribution in [3.05, 3.63) is 95.8 Å². The van der Waals surface area contributed by atoms with Crippen LogP contribution in [0.4, 0.5) is 5.69 Å². The number of Topliss-reactive ketones (excluding diaryl/α,β-unsaturated/α-hetero) is 1. The maximum atomic E-state index is 12.4. The van der Waals surface area contributed by atoms with Gasteiger partial charge in [-0.3, -0.25) is 9.59 Å². The van der Waals surface area contributed by atoms with Gasteiger partial charge in [0.05, 0.1) is 0 Å². The zero-order chi connectivity index (χ0) is 17.6. The van der Waals surface area contributed by atoms with Gasteiger partial charge in [-0.2, -0.15) is 4.57 Å². The Bertz CT molecular complexity index is 893.